The van der Waals surface area contributed by atoms with Crippen LogP contribution in [0.15, 0.2) is 69.9 Å². The summed E-state index contributed by atoms with van der Waals surface area (Å²) in [6, 6.07) is 18.8. The molecule has 0 saturated heterocycles. The zero-order valence-electron chi connectivity index (χ0n) is 17.6. The van der Waals surface area contributed by atoms with E-state index in [1.54, 1.807) is 24.3 Å². The van der Waals surface area contributed by atoms with Crippen LogP contribution in [0.5, 0.6) is 5.75 Å². The molecule has 2 aromatic carbocycles. The maximum absolute atomic E-state index is 12.8. The van der Waals surface area contributed by atoms with Crippen LogP contribution in [-0.2, 0) is 0 Å². The molecule has 0 unspecified atom stereocenters. The Balaban J connectivity index is 1.37. The van der Waals surface area contributed by atoms with Gasteiger partial charge in [-0.1, -0.05) is 41.1 Å². The highest BCUT2D eigenvalue weighted by Crippen LogP contribution is 2.24. The van der Waals surface area contributed by atoms with Crippen molar-refractivity contribution in [3.63, 3.8) is 0 Å². The summed E-state index contributed by atoms with van der Waals surface area (Å²) >= 11 is 7.21. The molecule has 0 saturated carbocycles. The number of rotatable bonds is 6. The summed E-state index contributed by atoms with van der Waals surface area (Å²) in [5, 5.41) is 4.99. The molecule has 5 rings (SSSR count). The molecule has 33 heavy (non-hydrogen) atoms. The normalized spacial score (nSPS) is 12.2. The van der Waals surface area contributed by atoms with Crippen LogP contribution in [0.3, 0.4) is 0 Å². The Morgan fingerprint density at radius 1 is 1.06 bits per heavy atom. The second kappa shape index (κ2) is 9.05. The van der Waals surface area contributed by atoms with Gasteiger partial charge in [0.2, 0.25) is 4.96 Å². The van der Waals surface area contributed by atoms with E-state index in [0.717, 1.165) is 16.9 Å². The van der Waals surface area contributed by atoms with E-state index in [9.17, 15) is 4.79 Å². The molecule has 164 valence electrons. The molecule has 3 heterocycles. The lowest BCUT2D eigenvalue weighted by atomic mass is 10.2. The number of aromatic nitrogens is 3. The third-order valence-electron chi connectivity index (χ3n) is 4.84. The maximum atomic E-state index is 12.8. The Morgan fingerprint density at radius 2 is 1.85 bits per heavy atom. The monoisotopic (exact) mass is 475 g/mol. The summed E-state index contributed by atoms with van der Waals surface area (Å²) in [5.41, 5.74) is 1.67. The van der Waals surface area contributed by atoms with E-state index in [4.69, 9.17) is 20.8 Å². The van der Waals surface area contributed by atoms with Crippen molar-refractivity contribution >= 4 is 46.1 Å². The Labute approximate surface area is 198 Å². The van der Waals surface area contributed by atoms with Crippen LogP contribution < -0.4 is 14.8 Å². The number of furan rings is 1. The Morgan fingerprint density at radius 3 is 2.58 bits per heavy atom. The third-order valence-corrected chi connectivity index (χ3v) is 6.05. The molecule has 0 aliphatic carbocycles. The molecular formula is C25H18ClN3O3S. The van der Waals surface area contributed by atoms with Crippen molar-refractivity contribution in [2.24, 2.45) is 0 Å². The first kappa shape index (κ1) is 21.2. The fourth-order valence-corrected chi connectivity index (χ4v) is 4.28. The summed E-state index contributed by atoms with van der Waals surface area (Å²) in [7, 11) is 0. The zero-order valence-corrected chi connectivity index (χ0v) is 19.1. The number of hydrogen-bond donors (Lipinski definition) is 0. The van der Waals surface area contributed by atoms with Crippen molar-refractivity contribution in [3.05, 3.63) is 97.7 Å². The summed E-state index contributed by atoms with van der Waals surface area (Å²) in [6.07, 6.45) is 5.38. The van der Waals surface area contributed by atoms with Gasteiger partial charge < -0.3 is 9.15 Å². The molecule has 5 aromatic rings. The second-order valence-corrected chi connectivity index (χ2v) is 8.57. The first-order valence-corrected chi connectivity index (χ1v) is 11.5. The molecule has 0 aliphatic rings. The minimum Gasteiger partial charge on any atom is -0.494 e. The van der Waals surface area contributed by atoms with Gasteiger partial charge in [0.15, 0.2) is 5.82 Å². The van der Waals surface area contributed by atoms with Gasteiger partial charge in [-0.15, -0.1) is 5.10 Å². The quantitative estimate of drug-likeness (QED) is 0.338. The standard InChI is InChI=1S/C25H18ClN3O3S/c1-2-31-19-10-3-16(4-11-19)5-14-23-27-25-29(28-23)24(30)22(33-25)15-20-12-13-21(32-20)17-6-8-18(26)9-7-17/h3-15H,2H2,1H3/b14-5+,22-15-. The smallest absolute Gasteiger partial charge is 0.291 e. The van der Waals surface area contributed by atoms with Crippen molar-refractivity contribution < 1.29 is 9.15 Å². The minimum atomic E-state index is -0.229. The predicted octanol–water partition coefficient (Wildman–Crippen LogP) is 5.18. The zero-order chi connectivity index (χ0) is 22.8. The first-order valence-electron chi connectivity index (χ1n) is 10.3. The Bertz CT molecular complexity index is 1550. The highest BCUT2D eigenvalue weighted by Gasteiger charge is 2.10. The Hall–Kier alpha value is -3.68. The van der Waals surface area contributed by atoms with Crippen molar-refractivity contribution in [1.82, 2.24) is 14.6 Å². The highest BCUT2D eigenvalue weighted by atomic mass is 35.5. The predicted molar refractivity (Wildman–Crippen MR) is 132 cm³/mol. The molecular weight excluding hydrogens is 458 g/mol. The summed E-state index contributed by atoms with van der Waals surface area (Å²) in [5.74, 6) is 2.58. The average Bonchev–Trinajstić information content (AvgIpc) is 3.52. The second-order valence-electron chi connectivity index (χ2n) is 7.12. The van der Waals surface area contributed by atoms with Crippen LogP contribution in [0.25, 0.3) is 34.5 Å². The van der Waals surface area contributed by atoms with E-state index in [-0.39, 0.29) is 5.56 Å². The number of nitrogens with zero attached hydrogens (tertiary/aromatic N) is 3. The average molecular weight is 476 g/mol. The number of benzene rings is 2. The summed E-state index contributed by atoms with van der Waals surface area (Å²) < 4.78 is 13.1. The molecule has 0 atom stereocenters. The fraction of sp³-hybridized carbons (Fsp3) is 0.0800. The lowest BCUT2D eigenvalue weighted by Crippen LogP contribution is -2.23. The number of halogens is 1. The van der Waals surface area contributed by atoms with Crippen molar-refractivity contribution in [2.75, 3.05) is 6.61 Å². The lowest BCUT2D eigenvalue weighted by molar-refractivity contribution is 0.340. The summed E-state index contributed by atoms with van der Waals surface area (Å²) in [4.78, 5) is 17.8. The van der Waals surface area contributed by atoms with E-state index in [2.05, 4.69) is 10.1 Å². The van der Waals surface area contributed by atoms with Crippen LogP contribution in [-0.4, -0.2) is 21.2 Å². The van der Waals surface area contributed by atoms with Crippen LogP contribution in [0.2, 0.25) is 5.02 Å². The fourth-order valence-electron chi connectivity index (χ4n) is 3.26. The molecule has 0 radical (unpaired) electrons. The van der Waals surface area contributed by atoms with Gasteiger partial charge in [-0.2, -0.15) is 9.50 Å². The molecule has 0 fully saturated rings. The SMILES string of the molecule is CCOc1ccc(/C=C/c2nc3s/c(=C\c4ccc(-c5ccc(Cl)cc5)o4)c(=O)n3n2)cc1. The van der Waals surface area contributed by atoms with E-state index < -0.39 is 0 Å². The number of fused-ring (bicyclic) bond motifs is 1. The molecule has 3 aromatic heterocycles. The molecule has 0 N–H and O–H groups in total. The van der Waals surface area contributed by atoms with Gasteiger partial charge in [0.25, 0.3) is 5.56 Å². The number of hydrogen-bond acceptors (Lipinski definition) is 6. The molecule has 8 heteroatoms. The van der Waals surface area contributed by atoms with Gasteiger partial charge in [-0.05, 0) is 67.1 Å². The molecule has 0 amide bonds. The number of ether oxygens (including phenoxy) is 1. The van der Waals surface area contributed by atoms with E-state index in [0.29, 0.717) is 38.5 Å². The van der Waals surface area contributed by atoms with Gasteiger partial charge in [0, 0.05) is 16.7 Å². The van der Waals surface area contributed by atoms with E-state index in [1.807, 2.05) is 61.5 Å². The molecule has 6 nitrogen and oxygen atoms in total. The first-order chi connectivity index (χ1) is 16.1. The van der Waals surface area contributed by atoms with Crippen LogP contribution in [0, 0.1) is 0 Å². The molecule has 0 aliphatic heterocycles. The Kier molecular flexibility index (Phi) is 5.81. The third kappa shape index (κ3) is 4.60. The van der Waals surface area contributed by atoms with Crippen LogP contribution in [0.4, 0.5) is 0 Å². The topological polar surface area (TPSA) is 69.6 Å². The summed E-state index contributed by atoms with van der Waals surface area (Å²) in [6.45, 7) is 2.58. The van der Waals surface area contributed by atoms with Gasteiger partial charge in [-0.3, -0.25) is 4.79 Å². The largest absolute Gasteiger partial charge is 0.494 e. The van der Waals surface area contributed by atoms with E-state index in [1.165, 1.54) is 15.9 Å². The van der Waals surface area contributed by atoms with Gasteiger partial charge in [0.1, 0.15) is 21.8 Å². The van der Waals surface area contributed by atoms with Crippen molar-refractivity contribution in [1.29, 1.82) is 0 Å². The van der Waals surface area contributed by atoms with Crippen molar-refractivity contribution in [2.45, 2.75) is 6.92 Å². The van der Waals surface area contributed by atoms with Gasteiger partial charge >= 0.3 is 0 Å². The highest BCUT2D eigenvalue weighted by molar-refractivity contribution is 7.15. The lowest BCUT2D eigenvalue weighted by Gasteiger charge is -2.01. The van der Waals surface area contributed by atoms with E-state index >= 15 is 0 Å². The van der Waals surface area contributed by atoms with Gasteiger partial charge in [0.05, 0.1) is 6.61 Å². The molecule has 0 spiro atoms. The molecule has 0 bridgehead atoms. The number of thiazole rings is 1. The van der Waals surface area contributed by atoms with Crippen LogP contribution in [0.1, 0.15) is 24.1 Å². The van der Waals surface area contributed by atoms with Crippen molar-refractivity contribution in [3.8, 4) is 17.1 Å². The minimum absolute atomic E-state index is 0.229. The van der Waals surface area contributed by atoms with Gasteiger partial charge in [-0.25, -0.2) is 0 Å². The maximum Gasteiger partial charge on any atom is 0.291 e. The van der Waals surface area contributed by atoms with Crippen LogP contribution >= 0.6 is 22.9 Å².